The molecule has 0 aliphatic carbocycles. The lowest BCUT2D eigenvalue weighted by Gasteiger charge is -2.13. The van der Waals surface area contributed by atoms with Crippen molar-refractivity contribution >= 4 is 23.0 Å². The lowest BCUT2D eigenvalue weighted by molar-refractivity contribution is 0.100. The van der Waals surface area contributed by atoms with Gasteiger partial charge >= 0.3 is 0 Å². The molecule has 20 heavy (non-hydrogen) atoms. The molecule has 2 aromatic rings. The molecule has 0 saturated heterocycles. The summed E-state index contributed by atoms with van der Waals surface area (Å²) in [6.45, 7) is 2.14. The first-order valence-corrected chi connectivity index (χ1v) is 6.66. The van der Waals surface area contributed by atoms with Gasteiger partial charge in [-0.05, 0) is 36.2 Å². The number of para-hydroxylation sites is 1. The zero-order chi connectivity index (χ0) is 14.5. The maximum absolute atomic E-state index is 11.3. The number of amides is 1. The Labute approximate surface area is 118 Å². The number of hydrogen-bond donors (Lipinski definition) is 3. The normalized spacial score (nSPS) is 10.2. The van der Waals surface area contributed by atoms with Crippen LogP contribution in [0.2, 0.25) is 0 Å². The van der Waals surface area contributed by atoms with Crippen molar-refractivity contribution in [3.63, 3.8) is 0 Å². The Morgan fingerprint density at radius 3 is 2.65 bits per heavy atom. The number of nitrogen functional groups attached to an aromatic ring is 1. The predicted octanol–water partition coefficient (Wildman–Crippen LogP) is 3.06. The fourth-order valence-electron chi connectivity index (χ4n) is 2.13. The molecule has 4 nitrogen and oxygen atoms in total. The molecule has 0 aliphatic rings. The van der Waals surface area contributed by atoms with E-state index in [9.17, 15) is 4.79 Å². The Bertz CT molecular complexity index is 623. The number of benzene rings is 2. The third-order valence-corrected chi connectivity index (χ3v) is 3.13. The molecule has 0 unspecified atom stereocenters. The first-order valence-electron chi connectivity index (χ1n) is 6.66. The molecule has 1 amide bonds. The van der Waals surface area contributed by atoms with Crippen molar-refractivity contribution in [1.29, 1.82) is 0 Å². The molecule has 5 N–H and O–H groups in total. The summed E-state index contributed by atoms with van der Waals surface area (Å²) in [5, 5.41) is 3.32. The van der Waals surface area contributed by atoms with Crippen molar-refractivity contribution in [1.82, 2.24) is 0 Å². The Kier molecular flexibility index (Phi) is 4.25. The molecule has 0 spiro atoms. The molecule has 0 radical (unpaired) electrons. The molecule has 0 aromatic heterocycles. The van der Waals surface area contributed by atoms with Gasteiger partial charge in [0.1, 0.15) is 0 Å². The quantitative estimate of drug-likeness (QED) is 0.730. The number of hydrogen-bond acceptors (Lipinski definition) is 3. The smallest absolute Gasteiger partial charge is 0.250 e. The third kappa shape index (κ3) is 3.09. The maximum atomic E-state index is 11.3. The molecule has 0 bridgehead atoms. The second-order valence-corrected chi connectivity index (χ2v) is 4.70. The number of aryl methyl sites for hydroxylation is 1. The van der Waals surface area contributed by atoms with Crippen LogP contribution in [0.1, 0.15) is 29.3 Å². The zero-order valence-corrected chi connectivity index (χ0v) is 11.5. The summed E-state index contributed by atoms with van der Waals surface area (Å²) in [5.74, 6) is -0.520. The van der Waals surface area contributed by atoms with Gasteiger partial charge in [0.2, 0.25) is 0 Å². The first kappa shape index (κ1) is 13.9. The highest BCUT2D eigenvalue weighted by Crippen LogP contribution is 2.24. The van der Waals surface area contributed by atoms with E-state index in [-0.39, 0.29) is 0 Å². The lowest BCUT2D eigenvalue weighted by Crippen LogP contribution is -2.13. The van der Waals surface area contributed by atoms with Crippen LogP contribution in [0.25, 0.3) is 0 Å². The molecule has 0 heterocycles. The van der Waals surface area contributed by atoms with Gasteiger partial charge in [-0.1, -0.05) is 31.5 Å². The number of nitrogens with two attached hydrogens (primary N) is 2. The van der Waals surface area contributed by atoms with E-state index in [1.54, 1.807) is 12.1 Å². The summed E-state index contributed by atoms with van der Waals surface area (Å²) in [6.07, 6.45) is 2.08. The van der Waals surface area contributed by atoms with Crippen LogP contribution in [0.5, 0.6) is 0 Å². The molecular weight excluding hydrogens is 250 g/mol. The molecule has 2 aromatic carbocycles. The summed E-state index contributed by atoms with van der Waals surface area (Å²) in [6, 6.07) is 13.3. The summed E-state index contributed by atoms with van der Waals surface area (Å²) < 4.78 is 0. The summed E-state index contributed by atoms with van der Waals surface area (Å²) in [5.41, 5.74) is 14.9. The van der Waals surface area contributed by atoms with Gasteiger partial charge in [-0.15, -0.1) is 0 Å². The van der Waals surface area contributed by atoms with Crippen molar-refractivity contribution in [2.45, 2.75) is 19.8 Å². The van der Waals surface area contributed by atoms with Crippen LogP contribution < -0.4 is 16.8 Å². The Hall–Kier alpha value is -2.49. The third-order valence-electron chi connectivity index (χ3n) is 3.13. The summed E-state index contributed by atoms with van der Waals surface area (Å²) in [4.78, 5) is 11.3. The molecule has 0 aliphatic heterocycles. The number of anilines is 3. The van der Waals surface area contributed by atoms with Gasteiger partial charge in [0.15, 0.2) is 0 Å². The Morgan fingerprint density at radius 1 is 1.20 bits per heavy atom. The predicted molar refractivity (Wildman–Crippen MR) is 83.1 cm³/mol. The van der Waals surface area contributed by atoms with Crippen LogP contribution in [-0.2, 0) is 6.42 Å². The molecule has 104 valence electrons. The minimum atomic E-state index is -0.520. The van der Waals surface area contributed by atoms with E-state index >= 15 is 0 Å². The monoisotopic (exact) mass is 269 g/mol. The molecule has 0 atom stereocenters. The standard InChI is InChI=1S/C16H19N3O/c1-2-5-11-6-3-4-7-15(11)19-12-8-9-14(17)13(10-12)16(18)20/h3-4,6-10,19H,2,5,17H2,1H3,(H2,18,20). The summed E-state index contributed by atoms with van der Waals surface area (Å²) >= 11 is 0. The van der Waals surface area contributed by atoms with E-state index in [0.29, 0.717) is 11.3 Å². The van der Waals surface area contributed by atoms with Gasteiger partial charge in [0, 0.05) is 17.1 Å². The van der Waals surface area contributed by atoms with Crippen molar-refractivity contribution in [2.75, 3.05) is 11.1 Å². The second kappa shape index (κ2) is 6.10. The number of carbonyl (C=O) groups excluding carboxylic acids is 1. The van der Waals surface area contributed by atoms with Crippen LogP contribution >= 0.6 is 0 Å². The van der Waals surface area contributed by atoms with Gasteiger partial charge in [-0.2, -0.15) is 0 Å². The number of rotatable bonds is 5. The molecule has 0 saturated carbocycles. The second-order valence-electron chi connectivity index (χ2n) is 4.70. The highest BCUT2D eigenvalue weighted by Gasteiger charge is 2.08. The van der Waals surface area contributed by atoms with E-state index in [0.717, 1.165) is 24.2 Å². The zero-order valence-electron chi connectivity index (χ0n) is 11.5. The highest BCUT2D eigenvalue weighted by molar-refractivity contribution is 5.99. The molecule has 4 heteroatoms. The topological polar surface area (TPSA) is 81.1 Å². The van der Waals surface area contributed by atoms with Gasteiger partial charge in [0.05, 0.1) is 5.56 Å². The van der Waals surface area contributed by atoms with Gasteiger partial charge in [0.25, 0.3) is 5.91 Å². The van der Waals surface area contributed by atoms with Crippen LogP contribution in [0.4, 0.5) is 17.1 Å². The van der Waals surface area contributed by atoms with Gasteiger partial charge in [-0.25, -0.2) is 0 Å². The van der Waals surface area contributed by atoms with Crippen LogP contribution in [0, 0.1) is 0 Å². The Morgan fingerprint density at radius 2 is 1.95 bits per heavy atom. The van der Waals surface area contributed by atoms with E-state index in [4.69, 9.17) is 11.5 Å². The molecule has 2 rings (SSSR count). The minimum absolute atomic E-state index is 0.336. The minimum Gasteiger partial charge on any atom is -0.398 e. The van der Waals surface area contributed by atoms with Crippen LogP contribution in [0.15, 0.2) is 42.5 Å². The van der Waals surface area contributed by atoms with Crippen LogP contribution in [0.3, 0.4) is 0 Å². The largest absolute Gasteiger partial charge is 0.398 e. The van der Waals surface area contributed by atoms with Crippen molar-refractivity contribution in [3.05, 3.63) is 53.6 Å². The van der Waals surface area contributed by atoms with E-state index in [1.165, 1.54) is 5.56 Å². The number of primary amides is 1. The lowest BCUT2D eigenvalue weighted by atomic mass is 10.1. The fraction of sp³-hybridized carbons (Fsp3) is 0.188. The number of nitrogens with one attached hydrogen (secondary N) is 1. The SMILES string of the molecule is CCCc1ccccc1Nc1ccc(N)c(C(N)=O)c1. The maximum Gasteiger partial charge on any atom is 0.250 e. The average Bonchev–Trinajstić information content (AvgIpc) is 2.43. The van der Waals surface area contributed by atoms with Crippen molar-refractivity contribution in [3.8, 4) is 0 Å². The van der Waals surface area contributed by atoms with Crippen molar-refractivity contribution < 1.29 is 4.79 Å². The average molecular weight is 269 g/mol. The van der Waals surface area contributed by atoms with Gasteiger partial charge < -0.3 is 16.8 Å². The van der Waals surface area contributed by atoms with Gasteiger partial charge in [-0.3, -0.25) is 4.79 Å². The van der Waals surface area contributed by atoms with Crippen LogP contribution in [-0.4, -0.2) is 5.91 Å². The first-order chi connectivity index (χ1) is 9.61. The van der Waals surface area contributed by atoms with Crippen molar-refractivity contribution in [2.24, 2.45) is 5.73 Å². The van der Waals surface area contributed by atoms with E-state index < -0.39 is 5.91 Å². The Balaban J connectivity index is 2.31. The number of carbonyl (C=O) groups is 1. The highest BCUT2D eigenvalue weighted by atomic mass is 16.1. The molecule has 0 fully saturated rings. The molecular formula is C16H19N3O. The van der Waals surface area contributed by atoms with E-state index in [2.05, 4.69) is 18.3 Å². The van der Waals surface area contributed by atoms with E-state index in [1.807, 2.05) is 24.3 Å². The fourth-order valence-corrected chi connectivity index (χ4v) is 2.13. The summed E-state index contributed by atoms with van der Waals surface area (Å²) in [7, 11) is 0.